The zero-order valence-electron chi connectivity index (χ0n) is 16.4. The Morgan fingerprint density at radius 1 is 1.26 bits per heavy atom. The standard InChI is InChI=1S/C22H20BrF3N2O3/c1-2-11-10-21(31,22(24,25)26)20(14-8-12(23)9-17(29)19(11)14)28-16-5-3-4-15-13(16)6-7-18(30)27-15/h3-9,11,20,28-29,31H,2,10H2,1H3,(H,27,30)/t11-,20+,21-/m1/s1. The summed E-state index contributed by atoms with van der Waals surface area (Å²) in [7, 11) is 0. The number of rotatable bonds is 3. The van der Waals surface area contributed by atoms with E-state index in [0.29, 0.717) is 33.0 Å². The number of phenolic OH excluding ortho intramolecular Hbond substituents is 1. The molecule has 0 fully saturated rings. The molecule has 1 aromatic heterocycles. The molecule has 1 heterocycles. The van der Waals surface area contributed by atoms with E-state index in [-0.39, 0.29) is 16.9 Å². The number of hydrogen-bond donors (Lipinski definition) is 4. The van der Waals surface area contributed by atoms with Gasteiger partial charge < -0.3 is 20.5 Å². The third-order valence-corrected chi connectivity index (χ3v) is 6.42. The lowest BCUT2D eigenvalue weighted by atomic mass is 9.69. The monoisotopic (exact) mass is 496 g/mol. The van der Waals surface area contributed by atoms with E-state index in [0.717, 1.165) is 0 Å². The number of pyridine rings is 1. The van der Waals surface area contributed by atoms with E-state index >= 15 is 0 Å². The van der Waals surface area contributed by atoms with Crippen LogP contribution in [0.4, 0.5) is 18.9 Å². The van der Waals surface area contributed by atoms with Crippen LogP contribution >= 0.6 is 15.9 Å². The van der Waals surface area contributed by atoms with Crippen LogP contribution in [0.15, 0.2) is 51.7 Å². The molecule has 0 bridgehead atoms. The van der Waals surface area contributed by atoms with E-state index < -0.39 is 30.2 Å². The highest BCUT2D eigenvalue weighted by atomic mass is 79.9. The first-order valence-corrected chi connectivity index (χ1v) is 10.5. The maximum Gasteiger partial charge on any atom is 0.419 e. The van der Waals surface area contributed by atoms with Gasteiger partial charge in [0.05, 0.1) is 11.6 Å². The molecule has 0 amide bonds. The molecule has 4 rings (SSSR count). The van der Waals surface area contributed by atoms with Crippen LogP contribution in [0.25, 0.3) is 10.9 Å². The van der Waals surface area contributed by atoms with Gasteiger partial charge in [0.1, 0.15) is 5.75 Å². The maximum atomic E-state index is 14.2. The fraction of sp³-hybridized carbons (Fsp3) is 0.318. The Morgan fingerprint density at radius 3 is 2.68 bits per heavy atom. The number of anilines is 1. The minimum Gasteiger partial charge on any atom is -0.508 e. The number of fused-ring (bicyclic) bond motifs is 2. The molecule has 0 saturated heterocycles. The Hall–Kier alpha value is -2.52. The number of nitrogens with one attached hydrogen (secondary N) is 2. The van der Waals surface area contributed by atoms with Crippen LogP contribution in [0.3, 0.4) is 0 Å². The van der Waals surface area contributed by atoms with Crippen molar-refractivity contribution < 1.29 is 23.4 Å². The molecular weight excluding hydrogens is 477 g/mol. The van der Waals surface area contributed by atoms with Crippen LogP contribution in [0, 0.1) is 0 Å². The number of alkyl halides is 3. The number of halogens is 4. The van der Waals surface area contributed by atoms with Crippen LogP contribution in [-0.4, -0.2) is 27.0 Å². The zero-order chi connectivity index (χ0) is 22.6. The van der Waals surface area contributed by atoms with Gasteiger partial charge in [-0.25, -0.2) is 0 Å². The largest absolute Gasteiger partial charge is 0.508 e. The van der Waals surface area contributed by atoms with E-state index in [1.54, 1.807) is 25.1 Å². The highest BCUT2D eigenvalue weighted by Gasteiger charge is 2.62. The van der Waals surface area contributed by atoms with Crippen molar-refractivity contribution in [2.24, 2.45) is 0 Å². The van der Waals surface area contributed by atoms with E-state index in [1.807, 2.05) is 0 Å². The van der Waals surface area contributed by atoms with Crippen molar-refractivity contribution in [1.82, 2.24) is 4.98 Å². The summed E-state index contributed by atoms with van der Waals surface area (Å²) in [5.41, 5.74) is -2.07. The average molecular weight is 497 g/mol. The van der Waals surface area contributed by atoms with E-state index in [2.05, 4.69) is 26.2 Å². The van der Waals surface area contributed by atoms with Crippen molar-refractivity contribution in [3.8, 4) is 5.75 Å². The van der Waals surface area contributed by atoms with Crippen molar-refractivity contribution >= 4 is 32.5 Å². The molecule has 5 nitrogen and oxygen atoms in total. The number of phenols is 1. The molecule has 1 aliphatic rings. The highest BCUT2D eigenvalue weighted by Crippen LogP contribution is 2.55. The fourth-order valence-corrected chi connectivity index (χ4v) is 4.92. The Bertz CT molecular complexity index is 1210. The summed E-state index contributed by atoms with van der Waals surface area (Å²) in [6, 6.07) is 8.99. The second-order valence-electron chi connectivity index (χ2n) is 7.83. The number of hydrogen-bond acceptors (Lipinski definition) is 4. The van der Waals surface area contributed by atoms with Gasteiger partial charge in [0.2, 0.25) is 5.56 Å². The van der Waals surface area contributed by atoms with Crippen molar-refractivity contribution in [2.75, 3.05) is 5.32 Å². The first-order valence-electron chi connectivity index (χ1n) is 9.75. The minimum absolute atomic E-state index is 0.116. The summed E-state index contributed by atoms with van der Waals surface area (Å²) in [6.07, 6.45) is -5.19. The van der Waals surface area contributed by atoms with E-state index in [9.17, 15) is 28.2 Å². The van der Waals surface area contributed by atoms with Gasteiger partial charge in [0.15, 0.2) is 5.60 Å². The number of aromatic hydroxyl groups is 1. The summed E-state index contributed by atoms with van der Waals surface area (Å²) < 4.78 is 43.1. The van der Waals surface area contributed by atoms with E-state index in [4.69, 9.17) is 0 Å². The molecule has 0 saturated carbocycles. The first kappa shape index (κ1) is 21.7. The van der Waals surface area contributed by atoms with Gasteiger partial charge >= 0.3 is 6.18 Å². The first-order chi connectivity index (χ1) is 14.5. The second kappa shape index (κ2) is 7.56. The zero-order valence-corrected chi connectivity index (χ0v) is 18.0. The molecule has 0 unspecified atom stereocenters. The van der Waals surface area contributed by atoms with Crippen LogP contribution < -0.4 is 10.9 Å². The molecule has 31 heavy (non-hydrogen) atoms. The molecule has 2 aromatic carbocycles. The molecule has 9 heteroatoms. The van der Waals surface area contributed by atoms with Gasteiger partial charge in [-0.3, -0.25) is 4.79 Å². The van der Waals surface area contributed by atoms with Crippen LogP contribution in [0.2, 0.25) is 0 Å². The Morgan fingerprint density at radius 2 is 2.00 bits per heavy atom. The summed E-state index contributed by atoms with van der Waals surface area (Å²) in [5, 5.41) is 24.9. The predicted octanol–water partition coefficient (Wildman–Crippen LogP) is 5.34. The molecule has 0 aliphatic heterocycles. The summed E-state index contributed by atoms with van der Waals surface area (Å²) in [4.78, 5) is 14.3. The van der Waals surface area contributed by atoms with Gasteiger partial charge in [-0.15, -0.1) is 0 Å². The Kier molecular flexibility index (Phi) is 5.29. The molecule has 164 valence electrons. The SMILES string of the molecule is CC[C@@H]1C[C@](O)(C(F)(F)F)[C@@H](Nc2cccc3[nH]c(=O)ccc23)c2cc(Br)cc(O)c21. The molecular formula is C22H20BrF3N2O3. The molecule has 4 N–H and O–H groups in total. The van der Waals surface area contributed by atoms with Crippen LogP contribution in [0.1, 0.15) is 42.9 Å². The quantitative estimate of drug-likeness (QED) is 0.394. The maximum absolute atomic E-state index is 14.2. The van der Waals surface area contributed by atoms with E-state index in [1.165, 1.54) is 24.3 Å². The fourth-order valence-electron chi connectivity index (χ4n) is 4.45. The van der Waals surface area contributed by atoms with Crippen molar-refractivity contribution in [3.05, 3.63) is 68.4 Å². The molecule has 1 aliphatic carbocycles. The third kappa shape index (κ3) is 3.59. The topological polar surface area (TPSA) is 85.4 Å². The molecule has 0 radical (unpaired) electrons. The average Bonchev–Trinajstić information content (AvgIpc) is 2.68. The lowest BCUT2D eigenvalue weighted by molar-refractivity contribution is -0.272. The smallest absolute Gasteiger partial charge is 0.419 e. The number of aliphatic hydroxyl groups is 1. The Labute approximate surface area is 184 Å². The number of aromatic amines is 1. The van der Waals surface area contributed by atoms with Gasteiger partial charge in [-0.05, 0) is 54.7 Å². The summed E-state index contributed by atoms with van der Waals surface area (Å²) in [6.45, 7) is 1.72. The van der Waals surface area contributed by atoms with Crippen molar-refractivity contribution in [2.45, 2.75) is 43.5 Å². The van der Waals surface area contributed by atoms with Gasteiger partial charge in [-0.2, -0.15) is 13.2 Å². The van der Waals surface area contributed by atoms with Gasteiger partial charge in [0, 0.05) is 27.2 Å². The highest BCUT2D eigenvalue weighted by molar-refractivity contribution is 9.10. The normalized spacial score (nSPS) is 23.5. The minimum atomic E-state index is -4.92. The summed E-state index contributed by atoms with van der Waals surface area (Å²) in [5.74, 6) is -0.786. The van der Waals surface area contributed by atoms with Crippen LogP contribution in [-0.2, 0) is 0 Å². The summed E-state index contributed by atoms with van der Waals surface area (Å²) >= 11 is 3.24. The van der Waals surface area contributed by atoms with Crippen molar-refractivity contribution in [1.29, 1.82) is 0 Å². The lowest BCUT2D eigenvalue weighted by Crippen LogP contribution is -2.55. The lowest BCUT2D eigenvalue weighted by Gasteiger charge is -2.46. The number of benzene rings is 2. The van der Waals surface area contributed by atoms with Gasteiger partial charge in [0.25, 0.3) is 0 Å². The second-order valence-corrected chi connectivity index (χ2v) is 8.74. The van der Waals surface area contributed by atoms with Crippen molar-refractivity contribution in [3.63, 3.8) is 0 Å². The number of aromatic nitrogens is 1. The molecule has 3 atom stereocenters. The molecule has 3 aromatic rings. The predicted molar refractivity (Wildman–Crippen MR) is 115 cm³/mol. The Balaban J connectivity index is 1.95. The number of H-pyrrole nitrogens is 1. The van der Waals surface area contributed by atoms with Crippen LogP contribution in [0.5, 0.6) is 5.75 Å². The molecule has 0 spiro atoms. The van der Waals surface area contributed by atoms with Gasteiger partial charge in [-0.1, -0.05) is 28.9 Å². The third-order valence-electron chi connectivity index (χ3n) is 5.96.